The number of ether oxygens (including phenoxy) is 1. The van der Waals surface area contributed by atoms with E-state index in [4.69, 9.17) is 4.74 Å². The summed E-state index contributed by atoms with van der Waals surface area (Å²) in [5, 5.41) is 0. The zero-order valence-electron chi connectivity index (χ0n) is 16.3. The third-order valence-corrected chi connectivity index (χ3v) is 4.49. The van der Waals surface area contributed by atoms with E-state index in [0.717, 1.165) is 19.3 Å². The van der Waals surface area contributed by atoms with E-state index in [1.807, 2.05) is 6.92 Å². The lowest BCUT2D eigenvalue weighted by molar-refractivity contribution is 0.0721. The molecule has 0 aliphatic rings. The van der Waals surface area contributed by atoms with Crippen molar-refractivity contribution in [1.29, 1.82) is 0 Å². The Morgan fingerprint density at radius 1 is 1.00 bits per heavy atom. The number of allylic oxidation sites excluding steroid dienone is 2. The van der Waals surface area contributed by atoms with E-state index < -0.39 is 35.8 Å². The summed E-state index contributed by atoms with van der Waals surface area (Å²) in [6, 6.07) is 6.51. The molecule has 0 spiro atoms. The van der Waals surface area contributed by atoms with Crippen LogP contribution in [0.2, 0.25) is 0 Å². The predicted octanol–water partition coefficient (Wildman–Crippen LogP) is 6.51. The molecule has 0 radical (unpaired) electrons. The predicted molar refractivity (Wildman–Crippen MR) is 104 cm³/mol. The van der Waals surface area contributed by atoms with Gasteiger partial charge in [0, 0.05) is 0 Å². The second kappa shape index (κ2) is 11.4. The summed E-state index contributed by atoms with van der Waals surface area (Å²) < 4.78 is 59.5. The average Bonchev–Trinajstić information content (AvgIpc) is 2.70. The zero-order chi connectivity index (χ0) is 21.2. The van der Waals surface area contributed by atoms with E-state index in [0.29, 0.717) is 24.8 Å². The first-order valence-electron chi connectivity index (χ1n) is 9.66. The SMILES string of the molecule is CCCCCc1ccc(OC(=O)c2ccc(CC/C=C/CF)cc2F)c(F)c1F. The van der Waals surface area contributed by atoms with Crippen molar-refractivity contribution < 1.29 is 27.1 Å². The van der Waals surface area contributed by atoms with Gasteiger partial charge < -0.3 is 4.74 Å². The molecule has 156 valence electrons. The topological polar surface area (TPSA) is 26.3 Å². The van der Waals surface area contributed by atoms with E-state index in [1.165, 1.54) is 36.4 Å². The first-order chi connectivity index (χ1) is 14.0. The van der Waals surface area contributed by atoms with Crippen molar-refractivity contribution in [2.75, 3.05) is 6.67 Å². The quantitative estimate of drug-likeness (QED) is 0.147. The molecule has 0 saturated carbocycles. The Bertz CT molecular complexity index is 862. The summed E-state index contributed by atoms with van der Waals surface area (Å²) in [5.74, 6) is -4.82. The van der Waals surface area contributed by atoms with Gasteiger partial charge in [-0.1, -0.05) is 44.1 Å². The van der Waals surface area contributed by atoms with Crippen LogP contribution in [-0.4, -0.2) is 12.6 Å². The molecule has 0 aliphatic carbocycles. The third-order valence-electron chi connectivity index (χ3n) is 4.49. The Morgan fingerprint density at radius 2 is 1.79 bits per heavy atom. The second-order valence-electron chi connectivity index (χ2n) is 6.68. The number of hydrogen-bond donors (Lipinski definition) is 0. The number of unbranched alkanes of at least 4 members (excludes halogenated alkanes) is 2. The third kappa shape index (κ3) is 6.44. The Kier molecular flexibility index (Phi) is 8.90. The molecular formula is C23H24F4O2. The maximum atomic E-state index is 14.2. The van der Waals surface area contributed by atoms with Crippen molar-refractivity contribution in [3.63, 3.8) is 0 Å². The van der Waals surface area contributed by atoms with Crippen molar-refractivity contribution in [3.8, 4) is 5.75 Å². The number of alkyl halides is 1. The van der Waals surface area contributed by atoms with Gasteiger partial charge in [-0.05, 0) is 55.0 Å². The standard InChI is InChI=1S/C23H24F4O2/c1-2-3-5-9-17-11-13-20(22(27)21(17)26)29-23(28)18-12-10-16(15-19(18)25)8-6-4-7-14-24/h4,7,10-13,15H,2-3,5-6,8-9,14H2,1H3/b7-4+. The molecule has 0 fully saturated rings. The van der Waals surface area contributed by atoms with Crippen molar-refractivity contribution in [1.82, 2.24) is 0 Å². The minimum absolute atomic E-state index is 0.216. The molecule has 29 heavy (non-hydrogen) atoms. The van der Waals surface area contributed by atoms with Crippen LogP contribution in [0.3, 0.4) is 0 Å². The van der Waals surface area contributed by atoms with Gasteiger partial charge in [0.15, 0.2) is 11.6 Å². The molecular weight excluding hydrogens is 384 g/mol. The van der Waals surface area contributed by atoms with Crippen LogP contribution in [0.25, 0.3) is 0 Å². The summed E-state index contributed by atoms with van der Waals surface area (Å²) in [6.07, 6.45) is 6.99. The van der Waals surface area contributed by atoms with Crippen molar-refractivity contribution >= 4 is 5.97 Å². The minimum Gasteiger partial charge on any atom is -0.420 e. The molecule has 0 aromatic heterocycles. The first kappa shape index (κ1) is 22.7. The van der Waals surface area contributed by atoms with Crippen molar-refractivity contribution in [2.24, 2.45) is 0 Å². The van der Waals surface area contributed by atoms with Gasteiger partial charge in [-0.25, -0.2) is 18.0 Å². The maximum absolute atomic E-state index is 14.2. The molecule has 0 N–H and O–H groups in total. The molecule has 0 amide bonds. The van der Waals surface area contributed by atoms with Crippen molar-refractivity contribution in [3.05, 3.63) is 76.6 Å². The maximum Gasteiger partial charge on any atom is 0.346 e. The zero-order valence-corrected chi connectivity index (χ0v) is 16.3. The van der Waals surface area contributed by atoms with Gasteiger partial charge in [-0.3, -0.25) is 0 Å². The lowest BCUT2D eigenvalue weighted by atomic mass is 10.1. The molecule has 0 heterocycles. The molecule has 0 bridgehead atoms. The summed E-state index contributed by atoms with van der Waals surface area (Å²) in [5.41, 5.74) is 0.462. The first-order valence-corrected chi connectivity index (χ1v) is 9.66. The Labute approximate surface area is 168 Å². The second-order valence-corrected chi connectivity index (χ2v) is 6.68. The summed E-state index contributed by atoms with van der Waals surface area (Å²) >= 11 is 0. The van der Waals surface area contributed by atoms with Crippen LogP contribution in [0, 0.1) is 17.5 Å². The lowest BCUT2D eigenvalue weighted by Gasteiger charge is -2.10. The highest BCUT2D eigenvalue weighted by Gasteiger charge is 2.20. The van der Waals surface area contributed by atoms with Crippen LogP contribution in [0.4, 0.5) is 17.6 Å². The summed E-state index contributed by atoms with van der Waals surface area (Å²) in [7, 11) is 0. The average molecular weight is 408 g/mol. The fourth-order valence-corrected chi connectivity index (χ4v) is 2.87. The molecule has 0 aliphatic heterocycles. The number of esters is 1. The highest BCUT2D eigenvalue weighted by Crippen LogP contribution is 2.25. The van der Waals surface area contributed by atoms with Crippen LogP contribution in [-0.2, 0) is 12.8 Å². The number of aryl methyl sites for hydroxylation is 2. The van der Waals surface area contributed by atoms with Crippen LogP contribution in [0.5, 0.6) is 5.75 Å². The van der Waals surface area contributed by atoms with Crippen LogP contribution in [0.1, 0.15) is 54.1 Å². The van der Waals surface area contributed by atoms with Gasteiger partial charge in [-0.2, -0.15) is 4.39 Å². The fourth-order valence-electron chi connectivity index (χ4n) is 2.87. The molecule has 2 aromatic rings. The monoisotopic (exact) mass is 408 g/mol. The number of hydrogen-bond acceptors (Lipinski definition) is 2. The molecule has 0 saturated heterocycles. The summed E-state index contributed by atoms with van der Waals surface area (Å²) in [4.78, 5) is 12.2. The van der Waals surface area contributed by atoms with E-state index >= 15 is 0 Å². The normalized spacial score (nSPS) is 11.2. The minimum atomic E-state index is -1.26. The molecule has 0 atom stereocenters. The Morgan fingerprint density at radius 3 is 2.48 bits per heavy atom. The van der Waals surface area contributed by atoms with E-state index in [-0.39, 0.29) is 11.1 Å². The van der Waals surface area contributed by atoms with Gasteiger partial charge in [0.05, 0.1) is 5.56 Å². The van der Waals surface area contributed by atoms with Gasteiger partial charge >= 0.3 is 5.97 Å². The fraction of sp³-hybridized carbons (Fsp3) is 0.348. The lowest BCUT2D eigenvalue weighted by Crippen LogP contribution is -2.13. The molecule has 6 heteroatoms. The van der Waals surface area contributed by atoms with Gasteiger partial charge in [0.25, 0.3) is 0 Å². The number of carbonyl (C=O) groups is 1. The molecule has 0 unspecified atom stereocenters. The van der Waals surface area contributed by atoms with Gasteiger partial charge in [0.1, 0.15) is 12.5 Å². The summed E-state index contributed by atoms with van der Waals surface area (Å²) in [6.45, 7) is 1.45. The van der Waals surface area contributed by atoms with E-state index in [9.17, 15) is 22.4 Å². The van der Waals surface area contributed by atoms with Crippen LogP contribution < -0.4 is 4.74 Å². The van der Waals surface area contributed by atoms with E-state index in [1.54, 1.807) is 6.08 Å². The highest BCUT2D eigenvalue weighted by molar-refractivity contribution is 5.91. The molecule has 2 aromatic carbocycles. The number of benzene rings is 2. The van der Waals surface area contributed by atoms with Crippen molar-refractivity contribution in [2.45, 2.75) is 45.4 Å². The number of rotatable bonds is 10. The molecule has 2 nitrogen and oxygen atoms in total. The highest BCUT2D eigenvalue weighted by atomic mass is 19.2. The molecule has 2 rings (SSSR count). The van der Waals surface area contributed by atoms with E-state index in [2.05, 4.69) is 0 Å². The Balaban J connectivity index is 2.07. The Hall–Kier alpha value is -2.63. The van der Waals surface area contributed by atoms with Crippen LogP contribution >= 0.6 is 0 Å². The van der Waals surface area contributed by atoms with Crippen LogP contribution in [0.15, 0.2) is 42.5 Å². The largest absolute Gasteiger partial charge is 0.420 e. The van der Waals surface area contributed by atoms with Gasteiger partial charge in [0.2, 0.25) is 5.82 Å². The van der Waals surface area contributed by atoms with Gasteiger partial charge in [-0.15, -0.1) is 0 Å². The number of halogens is 4. The smallest absolute Gasteiger partial charge is 0.346 e. The number of carbonyl (C=O) groups excluding carboxylic acids is 1.